The number of aromatic amines is 1. The Bertz CT molecular complexity index is 693. The number of H-pyrrole nitrogens is 1. The second-order valence-electron chi connectivity index (χ2n) is 4.01. The lowest BCUT2D eigenvalue weighted by Gasteiger charge is -2.02. The fraction of sp³-hybridized carbons (Fsp3) is 0. The molecule has 3 nitrogen and oxygen atoms in total. The molecule has 88 valence electrons. The molecule has 0 aliphatic heterocycles. The van der Waals surface area contributed by atoms with Crippen LogP contribution in [0.4, 0.5) is 0 Å². The third-order valence-electron chi connectivity index (χ3n) is 2.88. The van der Waals surface area contributed by atoms with Crippen molar-refractivity contribution in [3.8, 4) is 22.3 Å². The Morgan fingerprint density at radius 2 is 1.39 bits per heavy atom. The topological polar surface area (TPSA) is 46.0 Å². The van der Waals surface area contributed by atoms with Crippen LogP contribution in [0.1, 0.15) is 0 Å². The molecule has 0 unspecified atom stereocenters. The fourth-order valence-corrected chi connectivity index (χ4v) is 1.93. The van der Waals surface area contributed by atoms with E-state index in [4.69, 9.17) is 0 Å². The van der Waals surface area contributed by atoms with Gasteiger partial charge >= 0.3 is 5.63 Å². The zero-order valence-electron chi connectivity index (χ0n) is 9.59. The molecule has 1 heterocycles. The van der Waals surface area contributed by atoms with E-state index < -0.39 is 0 Å². The maximum Gasteiger partial charge on any atom is 0.364 e. The van der Waals surface area contributed by atoms with E-state index in [0.717, 1.165) is 16.7 Å². The Hall–Kier alpha value is -2.55. The van der Waals surface area contributed by atoms with Gasteiger partial charge in [0.15, 0.2) is 0 Å². The summed E-state index contributed by atoms with van der Waals surface area (Å²) in [5.74, 6) is 0. The first-order valence-electron chi connectivity index (χ1n) is 5.67. The van der Waals surface area contributed by atoms with Crippen LogP contribution in [0.2, 0.25) is 0 Å². The quantitative estimate of drug-likeness (QED) is 0.743. The van der Waals surface area contributed by atoms with Crippen LogP contribution in [0.15, 0.2) is 70.1 Å². The fourth-order valence-electron chi connectivity index (χ4n) is 1.93. The highest BCUT2D eigenvalue weighted by molar-refractivity contribution is 5.69. The molecule has 0 radical (unpaired) electrons. The largest absolute Gasteiger partial charge is 0.364 e. The van der Waals surface area contributed by atoms with Gasteiger partial charge in [0.05, 0.1) is 11.8 Å². The van der Waals surface area contributed by atoms with Crippen LogP contribution in [0, 0.1) is 0 Å². The minimum Gasteiger partial charge on any atom is -0.338 e. The van der Waals surface area contributed by atoms with Crippen LogP contribution in [-0.2, 0) is 0 Å². The van der Waals surface area contributed by atoms with Gasteiger partial charge in [0, 0.05) is 0 Å². The number of nitrogens with one attached hydrogen (secondary N) is 1. The van der Waals surface area contributed by atoms with E-state index in [-0.39, 0.29) is 5.63 Å². The molecule has 0 spiro atoms. The van der Waals surface area contributed by atoms with Crippen LogP contribution in [0.3, 0.4) is 0 Å². The molecule has 3 aromatic rings. The van der Waals surface area contributed by atoms with Gasteiger partial charge < -0.3 is 4.52 Å². The SMILES string of the molecule is O=c1o[nH]cc1-c1ccc(-c2ccccc2)cc1. The predicted molar refractivity (Wildman–Crippen MR) is 70.2 cm³/mol. The molecule has 0 atom stereocenters. The summed E-state index contributed by atoms with van der Waals surface area (Å²) in [7, 11) is 0. The number of hydrogen-bond donors (Lipinski definition) is 1. The van der Waals surface area contributed by atoms with Crippen molar-refractivity contribution in [1.29, 1.82) is 0 Å². The van der Waals surface area contributed by atoms with E-state index in [0.29, 0.717) is 5.56 Å². The summed E-state index contributed by atoms with van der Waals surface area (Å²) in [4.78, 5) is 11.4. The summed E-state index contributed by atoms with van der Waals surface area (Å²) >= 11 is 0. The van der Waals surface area contributed by atoms with Crippen LogP contribution in [0.5, 0.6) is 0 Å². The van der Waals surface area contributed by atoms with E-state index in [1.807, 2.05) is 42.5 Å². The zero-order valence-corrected chi connectivity index (χ0v) is 9.59. The average molecular weight is 237 g/mol. The van der Waals surface area contributed by atoms with Gasteiger partial charge in [-0.05, 0) is 16.7 Å². The lowest BCUT2D eigenvalue weighted by atomic mass is 10.0. The monoisotopic (exact) mass is 237 g/mol. The number of aromatic nitrogens is 1. The van der Waals surface area contributed by atoms with Gasteiger partial charge in [-0.15, -0.1) is 0 Å². The predicted octanol–water partition coefficient (Wildman–Crippen LogP) is 3.30. The molecule has 0 aliphatic carbocycles. The van der Waals surface area contributed by atoms with E-state index >= 15 is 0 Å². The van der Waals surface area contributed by atoms with E-state index in [1.54, 1.807) is 6.20 Å². The molecule has 0 aliphatic rings. The normalized spacial score (nSPS) is 10.4. The first-order chi connectivity index (χ1) is 8.84. The van der Waals surface area contributed by atoms with E-state index in [9.17, 15) is 4.79 Å². The van der Waals surface area contributed by atoms with Gasteiger partial charge in [-0.1, -0.05) is 54.6 Å². The average Bonchev–Trinajstić information content (AvgIpc) is 2.86. The molecule has 3 heteroatoms. The molecule has 2 aromatic carbocycles. The van der Waals surface area contributed by atoms with Gasteiger partial charge in [-0.25, -0.2) is 9.95 Å². The van der Waals surface area contributed by atoms with Gasteiger partial charge in [0.1, 0.15) is 0 Å². The van der Waals surface area contributed by atoms with Crippen molar-refractivity contribution in [1.82, 2.24) is 5.16 Å². The van der Waals surface area contributed by atoms with Crippen molar-refractivity contribution in [2.75, 3.05) is 0 Å². The Labute approximate surface area is 104 Å². The van der Waals surface area contributed by atoms with Gasteiger partial charge in [-0.2, -0.15) is 0 Å². The summed E-state index contributed by atoms with van der Waals surface area (Å²) in [5.41, 5.74) is 3.34. The first-order valence-corrected chi connectivity index (χ1v) is 5.67. The van der Waals surface area contributed by atoms with Gasteiger partial charge in [0.25, 0.3) is 0 Å². The van der Waals surface area contributed by atoms with Crippen molar-refractivity contribution in [2.24, 2.45) is 0 Å². The minimum atomic E-state index is -0.345. The zero-order chi connectivity index (χ0) is 12.4. The van der Waals surface area contributed by atoms with Crippen LogP contribution in [-0.4, -0.2) is 5.16 Å². The number of rotatable bonds is 2. The molecule has 0 fully saturated rings. The third kappa shape index (κ3) is 1.86. The minimum absolute atomic E-state index is 0.345. The van der Waals surface area contributed by atoms with Crippen molar-refractivity contribution in [3.63, 3.8) is 0 Å². The molecule has 0 amide bonds. The highest BCUT2D eigenvalue weighted by Crippen LogP contribution is 2.22. The lowest BCUT2D eigenvalue weighted by molar-refractivity contribution is 0.392. The molecule has 3 rings (SSSR count). The van der Waals surface area contributed by atoms with Crippen molar-refractivity contribution in [2.45, 2.75) is 0 Å². The summed E-state index contributed by atoms with van der Waals surface area (Å²) in [6.45, 7) is 0. The Balaban J connectivity index is 2.00. The van der Waals surface area contributed by atoms with Crippen molar-refractivity contribution >= 4 is 0 Å². The van der Waals surface area contributed by atoms with Gasteiger partial charge in [0.2, 0.25) is 0 Å². The van der Waals surface area contributed by atoms with Gasteiger partial charge in [-0.3, -0.25) is 0 Å². The molecule has 18 heavy (non-hydrogen) atoms. The van der Waals surface area contributed by atoms with Crippen molar-refractivity contribution < 1.29 is 4.52 Å². The molecular formula is C15H11NO2. The highest BCUT2D eigenvalue weighted by Gasteiger charge is 2.05. The highest BCUT2D eigenvalue weighted by atomic mass is 16.5. The molecule has 1 aromatic heterocycles. The molecule has 0 saturated carbocycles. The summed E-state index contributed by atoms with van der Waals surface area (Å²) in [5, 5.41) is 2.46. The standard InChI is InChI=1S/C15H11NO2/c17-15-14(10-16-18-15)13-8-6-12(7-9-13)11-4-2-1-3-5-11/h1-10,16H. The maximum atomic E-state index is 11.4. The summed E-state index contributed by atoms with van der Waals surface area (Å²) in [6, 6.07) is 17.9. The summed E-state index contributed by atoms with van der Waals surface area (Å²) in [6.07, 6.45) is 1.57. The molecular weight excluding hydrogens is 226 g/mol. The lowest BCUT2D eigenvalue weighted by Crippen LogP contribution is -1.95. The second kappa shape index (κ2) is 4.37. The Morgan fingerprint density at radius 3 is 2.00 bits per heavy atom. The first kappa shape index (κ1) is 10.6. The smallest absolute Gasteiger partial charge is 0.338 e. The van der Waals surface area contributed by atoms with E-state index in [1.165, 1.54) is 0 Å². The Morgan fingerprint density at radius 1 is 0.778 bits per heavy atom. The molecule has 0 bridgehead atoms. The van der Waals surface area contributed by atoms with Crippen LogP contribution in [0.25, 0.3) is 22.3 Å². The Kier molecular flexibility index (Phi) is 2.57. The molecule has 1 N–H and O–H groups in total. The number of hydrogen-bond acceptors (Lipinski definition) is 2. The molecule has 0 saturated heterocycles. The maximum absolute atomic E-state index is 11.4. The van der Waals surface area contributed by atoms with E-state index in [2.05, 4.69) is 21.8 Å². The van der Waals surface area contributed by atoms with Crippen LogP contribution >= 0.6 is 0 Å². The third-order valence-corrected chi connectivity index (χ3v) is 2.88. The second-order valence-corrected chi connectivity index (χ2v) is 4.01. The van der Waals surface area contributed by atoms with Crippen LogP contribution < -0.4 is 5.63 Å². The summed E-state index contributed by atoms with van der Waals surface area (Å²) < 4.78 is 4.65. The van der Waals surface area contributed by atoms with Crippen molar-refractivity contribution in [3.05, 3.63) is 71.2 Å². The number of benzene rings is 2.